The molecule has 0 fully saturated rings. The fraction of sp³-hybridized carbons (Fsp3) is 0.600. The van der Waals surface area contributed by atoms with E-state index in [1.807, 2.05) is 6.07 Å². The van der Waals surface area contributed by atoms with Crippen molar-refractivity contribution in [1.29, 1.82) is 0 Å². The highest BCUT2D eigenvalue weighted by atomic mass is 16.5. The van der Waals surface area contributed by atoms with E-state index < -0.39 is 0 Å². The van der Waals surface area contributed by atoms with Crippen molar-refractivity contribution in [3.8, 4) is 5.75 Å². The Balaban J connectivity index is 2.51. The van der Waals surface area contributed by atoms with Crippen LogP contribution >= 0.6 is 0 Å². The van der Waals surface area contributed by atoms with Crippen LogP contribution in [0.4, 0.5) is 0 Å². The Labute approximate surface area is 110 Å². The fourth-order valence-electron chi connectivity index (χ4n) is 3.16. The van der Waals surface area contributed by atoms with Gasteiger partial charge in [-0.25, -0.2) is 0 Å². The lowest BCUT2D eigenvalue weighted by Gasteiger charge is -2.42. The lowest BCUT2D eigenvalue weighted by Crippen LogP contribution is -2.51. The monoisotopic (exact) mass is 248 g/mol. The lowest BCUT2D eigenvalue weighted by molar-refractivity contribution is 0.0953. The number of rotatable bonds is 4. The van der Waals surface area contributed by atoms with E-state index in [0.717, 1.165) is 38.3 Å². The summed E-state index contributed by atoms with van der Waals surface area (Å²) in [5, 5.41) is 0. The zero-order valence-corrected chi connectivity index (χ0v) is 11.5. The Kier molecular flexibility index (Phi) is 4.25. The first-order valence-corrected chi connectivity index (χ1v) is 6.96. The van der Waals surface area contributed by atoms with Gasteiger partial charge in [0.2, 0.25) is 0 Å². The number of benzene rings is 1. The second-order valence-electron chi connectivity index (χ2n) is 4.86. The maximum atomic E-state index is 6.18. The second-order valence-corrected chi connectivity index (χ2v) is 4.86. The minimum Gasteiger partial charge on any atom is -0.493 e. The molecule has 3 heteroatoms. The molecule has 1 aliphatic heterocycles. The predicted molar refractivity (Wildman–Crippen MR) is 74.8 cm³/mol. The van der Waals surface area contributed by atoms with Crippen LogP contribution in [0, 0.1) is 0 Å². The highest BCUT2D eigenvalue weighted by Crippen LogP contribution is 2.40. The molecule has 0 saturated carbocycles. The van der Waals surface area contributed by atoms with E-state index in [1.54, 1.807) is 0 Å². The van der Waals surface area contributed by atoms with E-state index in [2.05, 4.69) is 36.9 Å². The Bertz CT molecular complexity index is 390. The van der Waals surface area contributed by atoms with Gasteiger partial charge < -0.3 is 10.5 Å². The van der Waals surface area contributed by atoms with Gasteiger partial charge in [-0.3, -0.25) is 4.90 Å². The van der Waals surface area contributed by atoms with Gasteiger partial charge >= 0.3 is 0 Å². The van der Waals surface area contributed by atoms with Crippen molar-refractivity contribution in [2.75, 3.05) is 26.2 Å². The zero-order chi connectivity index (χ0) is 13.0. The van der Waals surface area contributed by atoms with Gasteiger partial charge in [-0.15, -0.1) is 0 Å². The van der Waals surface area contributed by atoms with Gasteiger partial charge in [0.1, 0.15) is 5.75 Å². The molecule has 0 radical (unpaired) electrons. The molecule has 1 aromatic carbocycles. The van der Waals surface area contributed by atoms with Gasteiger partial charge in [0.25, 0.3) is 0 Å². The molecule has 1 aromatic rings. The van der Waals surface area contributed by atoms with Crippen LogP contribution in [-0.4, -0.2) is 31.1 Å². The summed E-state index contributed by atoms with van der Waals surface area (Å²) in [6.45, 7) is 7.88. The van der Waals surface area contributed by atoms with Crippen LogP contribution in [-0.2, 0) is 5.54 Å². The van der Waals surface area contributed by atoms with Crippen LogP contribution in [0.25, 0.3) is 0 Å². The number of para-hydroxylation sites is 1. The number of hydrogen-bond donors (Lipinski definition) is 1. The molecular weight excluding hydrogens is 224 g/mol. The average Bonchev–Trinajstić information content (AvgIpc) is 2.61. The van der Waals surface area contributed by atoms with Crippen LogP contribution in [0.2, 0.25) is 0 Å². The molecule has 0 amide bonds. The Morgan fingerprint density at radius 1 is 1.28 bits per heavy atom. The van der Waals surface area contributed by atoms with Crippen LogP contribution in [0.5, 0.6) is 5.75 Å². The summed E-state index contributed by atoms with van der Waals surface area (Å²) < 4.78 is 5.86. The maximum absolute atomic E-state index is 6.18. The highest BCUT2D eigenvalue weighted by molar-refractivity contribution is 5.40. The van der Waals surface area contributed by atoms with Gasteiger partial charge in [-0.1, -0.05) is 32.0 Å². The van der Waals surface area contributed by atoms with E-state index in [4.69, 9.17) is 10.5 Å². The number of hydrogen-bond acceptors (Lipinski definition) is 3. The quantitative estimate of drug-likeness (QED) is 0.889. The summed E-state index contributed by atoms with van der Waals surface area (Å²) in [5.41, 5.74) is 7.38. The van der Waals surface area contributed by atoms with Gasteiger partial charge in [0.05, 0.1) is 12.1 Å². The van der Waals surface area contributed by atoms with Crippen molar-refractivity contribution in [3.05, 3.63) is 29.8 Å². The summed E-state index contributed by atoms with van der Waals surface area (Å²) in [7, 11) is 0. The first-order chi connectivity index (χ1) is 8.78. The average molecular weight is 248 g/mol. The number of nitrogens with two attached hydrogens (primary N) is 1. The fourth-order valence-corrected chi connectivity index (χ4v) is 3.16. The van der Waals surface area contributed by atoms with E-state index in [9.17, 15) is 0 Å². The molecule has 18 heavy (non-hydrogen) atoms. The molecule has 1 atom stereocenters. The predicted octanol–water partition coefficient (Wildman–Crippen LogP) is 2.35. The third-order valence-corrected chi connectivity index (χ3v) is 4.09. The Morgan fingerprint density at radius 2 is 2.00 bits per heavy atom. The molecule has 2 rings (SSSR count). The van der Waals surface area contributed by atoms with Crippen molar-refractivity contribution in [2.24, 2.45) is 5.73 Å². The van der Waals surface area contributed by atoms with Crippen molar-refractivity contribution >= 4 is 0 Å². The number of fused-ring (bicyclic) bond motifs is 1. The molecule has 1 heterocycles. The standard InChI is InChI=1S/C15H24N2O/c1-3-17(4-2)15(12-16)10-7-11-18-14-9-6-5-8-13(14)15/h5-6,8-9H,3-4,7,10-12,16H2,1-2H3. The van der Waals surface area contributed by atoms with Gasteiger partial charge in [0, 0.05) is 12.1 Å². The second kappa shape index (κ2) is 5.72. The van der Waals surface area contributed by atoms with Crippen LogP contribution in [0.15, 0.2) is 24.3 Å². The SMILES string of the molecule is CCN(CC)C1(CN)CCCOc2ccccc21. The van der Waals surface area contributed by atoms with Crippen molar-refractivity contribution in [2.45, 2.75) is 32.2 Å². The van der Waals surface area contributed by atoms with E-state index in [0.29, 0.717) is 6.54 Å². The van der Waals surface area contributed by atoms with Crippen molar-refractivity contribution in [1.82, 2.24) is 4.90 Å². The smallest absolute Gasteiger partial charge is 0.124 e. The molecular formula is C15H24N2O. The minimum absolute atomic E-state index is 0.0589. The van der Waals surface area contributed by atoms with E-state index >= 15 is 0 Å². The molecule has 3 nitrogen and oxygen atoms in total. The molecule has 0 saturated heterocycles. The summed E-state index contributed by atoms with van der Waals surface area (Å²) in [4.78, 5) is 2.47. The van der Waals surface area contributed by atoms with Crippen molar-refractivity contribution in [3.63, 3.8) is 0 Å². The third-order valence-electron chi connectivity index (χ3n) is 4.09. The molecule has 0 bridgehead atoms. The number of likely N-dealkylation sites (N-methyl/N-ethyl adjacent to an activating group) is 1. The van der Waals surface area contributed by atoms with Gasteiger partial charge in [-0.05, 0) is 32.0 Å². The summed E-state index contributed by atoms with van der Waals surface area (Å²) in [6.07, 6.45) is 2.13. The summed E-state index contributed by atoms with van der Waals surface area (Å²) >= 11 is 0. The molecule has 1 unspecified atom stereocenters. The first kappa shape index (κ1) is 13.4. The Morgan fingerprint density at radius 3 is 2.67 bits per heavy atom. The number of nitrogens with zero attached hydrogens (tertiary/aromatic N) is 1. The number of ether oxygens (including phenoxy) is 1. The van der Waals surface area contributed by atoms with Crippen LogP contribution in [0.1, 0.15) is 32.3 Å². The highest BCUT2D eigenvalue weighted by Gasteiger charge is 2.38. The lowest BCUT2D eigenvalue weighted by atomic mass is 9.83. The first-order valence-electron chi connectivity index (χ1n) is 6.96. The van der Waals surface area contributed by atoms with E-state index in [1.165, 1.54) is 5.56 Å². The molecule has 0 aliphatic carbocycles. The molecule has 0 aromatic heterocycles. The van der Waals surface area contributed by atoms with Crippen molar-refractivity contribution < 1.29 is 4.74 Å². The topological polar surface area (TPSA) is 38.5 Å². The summed E-state index contributed by atoms with van der Waals surface area (Å²) in [6, 6.07) is 8.36. The van der Waals surface area contributed by atoms with Gasteiger partial charge in [0.15, 0.2) is 0 Å². The zero-order valence-electron chi connectivity index (χ0n) is 11.5. The maximum Gasteiger partial charge on any atom is 0.124 e. The summed E-state index contributed by atoms with van der Waals surface area (Å²) in [5.74, 6) is 1.01. The molecule has 0 spiro atoms. The van der Waals surface area contributed by atoms with Crippen LogP contribution in [0.3, 0.4) is 0 Å². The van der Waals surface area contributed by atoms with Gasteiger partial charge in [-0.2, -0.15) is 0 Å². The van der Waals surface area contributed by atoms with Crippen LogP contribution < -0.4 is 10.5 Å². The molecule has 100 valence electrons. The molecule has 2 N–H and O–H groups in total. The third kappa shape index (κ3) is 2.13. The molecule has 1 aliphatic rings. The largest absolute Gasteiger partial charge is 0.493 e. The normalized spacial score (nSPS) is 23.3. The Hall–Kier alpha value is -1.06. The van der Waals surface area contributed by atoms with E-state index in [-0.39, 0.29) is 5.54 Å². The minimum atomic E-state index is -0.0589.